The lowest BCUT2D eigenvalue weighted by atomic mass is 10.0. The van der Waals surface area contributed by atoms with Gasteiger partial charge in [-0.1, -0.05) is 12.1 Å². The van der Waals surface area contributed by atoms with Crippen molar-refractivity contribution in [1.82, 2.24) is 19.9 Å². The number of sulfone groups is 1. The van der Waals surface area contributed by atoms with Gasteiger partial charge in [-0.05, 0) is 55.3 Å². The Hall–Kier alpha value is -3.74. The minimum Gasteiger partial charge on any atom is -0.364 e. The first-order valence-electron chi connectivity index (χ1n) is 11.4. The lowest BCUT2D eigenvalue weighted by Gasteiger charge is -2.41. The van der Waals surface area contributed by atoms with Gasteiger partial charge in [-0.25, -0.2) is 17.9 Å². The SMILES string of the molecule is C[C@@H]1CNC[C@H](C)N1c1ccc(-c2cnc3c(-c4cc(C#N)cc(S(C)(=O)=O)c4)cnn3c2)cc1. The summed E-state index contributed by atoms with van der Waals surface area (Å²) in [5, 5.41) is 17.3. The first-order valence-corrected chi connectivity index (χ1v) is 13.3. The molecule has 1 fully saturated rings. The number of aromatic nitrogens is 3. The fourth-order valence-corrected chi connectivity index (χ4v) is 5.41. The Kier molecular flexibility index (Phi) is 5.79. The van der Waals surface area contributed by atoms with Crippen LogP contribution in [0.1, 0.15) is 19.4 Å². The van der Waals surface area contributed by atoms with Crippen LogP contribution < -0.4 is 10.2 Å². The van der Waals surface area contributed by atoms with Crippen molar-refractivity contribution in [3.05, 3.63) is 66.6 Å². The van der Waals surface area contributed by atoms with Crippen LogP contribution in [0, 0.1) is 11.3 Å². The number of nitrogens with one attached hydrogen (secondary N) is 1. The van der Waals surface area contributed by atoms with Crippen molar-refractivity contribution in [1.29, 1.82) is 5.26 Å². The fourth-order valence-electron chi connectivity index (χ4n) is 4.73. The topological polar surface area (TPSA) is 103 Å². The van der Waals surface area contributed by atoms with Gasteiger partial charge in [0.15, 0.2) is 15.5 Å². The van der Waals surface area contributed by atoms with Gasteiger partial charge in [-0.15, -0.1) is 0 Å². The first kappa shape index (κ1) is 23.0. The summed E-state index contributed by atoms with van der Waals surface area (Å²) in [6.45, 7) is 6.40. The number of nitrogens with zero attached hydrogens (tertiary/aromatic N) is 5. The fraction of sp³-hybridized carbons (Fsp3) is 0.269. The summed E-state index contributed by atoms with van der Waals surface area (Å²) in [5.74, 6) is 0. The van der Waals surface area contributed by atoms with Crippen LogP contribution >= 0.6 is 0 Å². The molecule has 2 atom stereocenters. The zero-order chi connectivity index (χ0) is 24.7. The van der Waals surface area contributed by atoms with Crippen molar-refractivity contribution >= 4 is 21.2 Å². The summed E-state index contributed by atoms with van der Waals surface area (Å²) < 4.78 is 25.9. The lowest BCUT2D eigenvalue weighted by molar-refractivity contribution is 0.432. The molecule has 0 bridgehead atoms. The number of hydrogen-bond acceptors (Lipinski definition) is 7. The third kappa shape index (κ3) is 4.38. The zero-order valence-corrected chi connectivity index (χ0v) is 20.6. The van der Waals surface area contributed by atoms with Gasteiger partial charge in [-0.3, -0.25) is 0 Å². The number of rotatable bonds is 4. The highest BCUT2D eigenvalue weighted by Crippen LogP contribution is 2.30. The second kappa shape index (κ2) is 8.80. The van der Waals surface area contributed by atoms with E-state index in [9.17, 15) is 13.7 Å². The summed E-state index contributed by atoms with van der Waals surface area (Å²) in [7, 11) is -3.47. The maximum atomic E-state index is 12.1. The number of piperazine rings is 1. The maximum absolute atomic E-state index is 12.1. The van der Waals surface area contributed by atoms with Gasteiger partial charge in [-0.2, -0.15) is 10.4 Å². The Morgan fingerprint density at radius 1 is 1.00 bits per heavy atom. The van der Waals surface area contributed by atoms with E-state index in [-0.39, 0.29) is 10.5 Å². The number of benzene rings is 2. The van der Waals surface area contributed by atoms with Gasteiger partial charge < -0.3 is 10.2 Å². The van der Waals surface area contributed by atoms with Crippen molar-refractivity contribution in [2.75, 3.05) is 24.2 Å². The van der Waals surface area contributed by atoms with E-state index in [0.717, 1.165) is 30.5 Å². The number of hydrogen-bond donors (Lipinski definition) is 1. The molecular weight excluding hydrogens is 460 g/mol. The third-order valence-corrected chi connectivity index (χ3v) is 7.55. The average Bonchev–Trinajstić information content (AvgIpc) is 3.27. The molecule has 0 radical (unpaired) electrons. The van der Waals surface area contributed by atoms with Gasteiger partial charge in [0.25, 0.3) is 0 Å². The van der Waals surface area contributed by atoms with Gasteiger partial charge in [0, 0.05) is 60.6 Å². The van der Waals surface area contributed by atoms with Crippen molar-refractivity contribution in [3.8, 4) is 28.3 Å². The molecule has 2 aromatic carbocycles. The predicted octanol–water partition coefficient (Wildman–Crippen LogP) is 3.53. The van der Waals surface area contributed by atoms with E-state index in [1.165, 1.54) is 11.8 Å². The van der Waals surface area contributed by atoms with E-state index in [4.69, 9.17) is 0 Å². The third-order valence-electron chi connectivity index (χ3n) is 6.46. The molecule has 1 saturated heterocycles. The second-order valence-electron chi connectivity index (χ2n) is 9.11. The van der Waals surface area contributed by atoms with E-state index >= 15 is 0 Å². The quantitative estimate of drug-likeness (QED) is 0.471. The maximum Gasteiger partial charge on any atom is 0.175 e. The Labute approximate surface area is 204 Å². The molecule has 2 aromatic heterocycles. The number of fused-ring (bicyclic) bond motifs is 1. The van der Waals surface area contributed by atoms with Crippen LogP contribution in [-0.4, -0.2) is 54.4 Å². The van der Waals surface area contributed by atoms with Crippen LogP contribution in [0.5, 0.6) is 0 Å². The molecule has 1 N–H and O–H groups in total. The Morgan fingerprint density at radius 2 is 1.71 bits per heavy atom. The van der Waals surface area contributed by atoms with Crippen molar-refractivity contribution in [2.45, 2.75) is 30.8 Å². The summed E-state index contributed by atoms with van der Waals surface area (Å²) in [4.78, 5) is 7.17. The zero-order valence-electron chi connectivity index (χ0n) is 19.8. The highest BCUT2D eigenvalue weighted by atomic mass is 32.2. The van der Waals surface area contributed by atoms with E-state index in [1.54, 1.807) is 29.0 Å². The number of nitriles is 1. The van der Waals surface area contributed by atoms with Gasteiger partial charge in [0.05, 0.1) is 22.7 Å². The highest BCUT2D eigenvalue weighted by molar-refractivity contribution is 7.90. The molecule has 5 rings (SSSR count). The molecule has 0 aliphatic carbocycles. The molecule has 178 valence electrons. The van der Waals surface area contributed by atoms with Crippen LogP contribution in [0.15, 0.2) is 66.0 Å². The molecular formula is C26H26N6O2S. The van der Waals surface area contributed by atoms with Crippen molar-refractivity contribution in [3.63, 3.8) is 0 Å². The summed E-state index contributed by atoms with van der Waals surface area (Å²) in [6, 6.07) is 15.9. The van der Waals surface area contributed by atoms with Gasteiger partial charge >= 0.3 is 0 Å². The minimum atomic E-state index is -3.47. The molecule has 8 nitrogen and oxygen atoms in total. The Balaban J connectivity index is 1.49. The molecule has 0 saturated carbocycles. The minimum absolute atomic E-state index is 0.0933. The van der Waals surface area contributed by atoms with Crippen molar-refractivity contribution in [2.24, 2.45) is 0 Å². The molecule has 9 heteroatoms. The molecule has 4 aromatic rings. The number of anilines is 1. The smallest absolute Gasteiger partial charge is 0.175 e. The molecule has 0 amide bonds. The molecule has 0 spiro atoms. The van der Waals surface area contributed by atoms with Crippen LogP contribution in [0.3, 0.4) is 0 Å². The largest absolute Gasteiger partial charge is 0.364 e. The molecule has 0 unspecified atom stereocenters. The monoisotopic (exact) mass is 486 g/mol. The molecule has 1 aliphatic rings. The van der Waals surface area contributed by atoms with Crippen LogP contribution in [0.4, 0.5) is 5.69 Å². The molecule has 35 heavy (non-hydrogen) atoms. The average molecular weight is 487 g/mol. The van der Waals surface area contributed by atoms with E-state index < -0.39 is 9.84 Å². The van der Waals surface area contributed by atoms with E-state index in [2.05, 4.69) is 58.4 Å². The standard InChI is InChI=1S/C26H26N6O2S/c1-17-12-28-13-18(2)32(17)23-6-4-20(5-7-23)22-14-29-26-25(15-30-31(26)16-22)21-8-19(11-27)9-24(10-21)35(3,33)34/h4-10,14-18,28H,12-13H2,1-3H3/t17-,18+. The molecule has 3 heterocycles. The van der Waals surface area contributed by atoms with Gasteiger partial charge in [0.2, 0.25) is 0 Å². The van der Waals surface area contributed by atoms with E-state index in [0.29, 0.717) is 28.9 Å². The summed E-state index contributed by atoms with van der Waals surface area (Å²) >= 11 is 0. The second-order valence-corrected chi connectivity index (χ2v) is 11.1. The summed E-state index contributed by atoms with van der Waals surface area (Å²) in [6.07, 6.45) is 6.47. The van der Waals surface area contributed by atoms with Crippen LogP contribution in [0.25, 0.3) is 27.9 Å². The van der Waals surface area contributed by atoms with Crippen LogP contribution in [-0.2, 0) is 9.84 Å². The van der Waals surface area contributed by atoms with Crippen molar-refractivity contribution < 1.29 is 8.42 Å². The normalized spacial score (nSPS) is 18.5. The van der Waals surface area contributed by atoms with Crippen LogP contribution in [0.2, 0.25) is 0 Å². The highest BCUT2D eigenvalue weighted by Gasteiger charge is 2.24. The lowest BCUT2D eigenvalue weighted by Crippen LogP contribution is -2.55. The van der Waals surface area contributed by atoms with E-state index in [1.807, 2.05) is 12.3 Å². The van der Waals surface area contributed by atoms with Gasteiger partial charge in [0.1, 0.15) is 0 Å². The Bertz CT molecular complexity index is 1540. The summed E-state index contributed by atoms with van der Waals surface area (Å²) in [5.41, 5.74) is 5.25. The first-order chi connectivity index (χ1) is 16.7. The molecule has 1 aliphatic heterocycles. The Morgan fingerprint density at radius 3 is 2.37 bits per heavy atom. The predicted molar refractivity (Wildman–Crippen MR) is 136 cm³/mol.